The molecule has 0 bridgehead atoms. The molecule has 9 heteroatoms. The molecule has 0 spiro atoms. The number of thiophene rings is 1. The Hall–Kier alpha value is -2.68. The average molecular weight is 376 g/mol. The molecule has 0 amide bonds. The van der Waals surface area contributed by atoms with E-state index in [0.29, 0.717) is 29.1 Å². The van der Waals surface area contributed by atoms with E-state index in [1.165, 1.54) is 23.0 Å². The first kappa shape index (κ1) is 18.1. The zero-order valence-electron chi connectivity index (χ0n) is 15.0. The number of nitrogens with one attached hydrogen (secondary N) is 1. The van der Waals surface area contributed by atoms with E-state index in [1.54, 1.807) is 0 Å². The fourth-order valence-electron chi connectivity index (χ4n) is 3.14. The van der Waals surface area contributed by atoms with Crippen molar-refractivity contribution in [3.63, 3.8) is 0 Å². The molecule has 0 fully saturated rings. The lowest BCUT2D eigenvalue weighted by Crippen LogP contribution is -2.38. The van der Waals surface area contributed by atoms with Crippen LogP contribution >= 0.6 is 11.3 Å². The minimum Gasteiger partial charge on any atom is -0.478 e. The number of carboxylic acids is 1. The number of aryl methyl sites for hydroxylation is 3. The van der Waals surface area contributed by atoms with Crippen molar-refractivity contribution < 1.29 is 9.90 Å². The standard InChI is InChI=1S/C17H20N4O4S/c1-5-6-21-15-13(14(22)20(4)17(21)25)12(16(23)24)11(26-15)7-10-8(2)18-19-9(10)3/h5-7H2,1-4H3,(H,18,19)(H,23,24). The smallest absolute Gasteiger partial charge is 0.337 e. The van der Waals surface area contributed by atoms with E-state index in [0.717, 1.165) is 21.5 Å². The summed E-state index contributed by atoms with van der Waals surface area (Å²) in [5.41, 5.74) is 1.53. The van der Waals surface area contributed by atoms with E-state index in [9.17, 15) is 19.5 Å². The number of aromatic nitrogens is 4. The Morgan fingerprint density at radius 1 is 1.31 bits per heavy atom. The van der Waals surface area contributed by atoms with Crippen LogP contribution in [0.2, 0.25) is 0 Å². The summed E-state index contributed by atoms with van der Waals surface area (Å²) in [6.45, 7) is 6.06. The van der Waals surface area contributed by atoms with Gasteiger partial charge >= 0.3 is 11.7 Å². The molecule has 0 aliphatic heterocycles. The molecule has 3 heterocycles. The van der Waals surface area contributed by atoms with Gasteiger partial charge in [0.2, 0.25) is 0 Å². The van der Waals surface area contributed by atoms with Crippen LogP contribution in [0.1, 0.15) is 45.5 Å². The normalized spacial score (nSPS) is 11.4. The van der Waals surface area contributed by atoms with Crippen LogP contribution < -0.4 is 11.2 Å². The second-order valence-electron chi connectivity index (χ2n) is 6.27. The highest BCUT2D eigenvalue weighted by atomic mass is 32.1. The minimum absolute atomic E-state index is 0.0181. The van der Waals surface area contributed by atoms with Crippen molar-refractivity contribution in [1.82, 2.24) is 19.3 Å². The number of carbonyl (C=O) groups is 1. The van der Waals surface area contributed by atoms with Crippen LogP contribution in [-0.4, -0.2) is 30.4 Å². The summed E-state index contributed by atoms with van der Waals surface area (Å²) in [5.74, 6) is -1.16. The van der Waals surface area contributed by atoms with Gasteiger partial charge in [-0.15, -0.1) is 11.3 Å². The van der Waals surface area contributed by atoms with Crippen molar-refractivity contribution in [2.45, 2.75) is 40.2 Å². The van der Waals surface area contributed by atoms with Gasteiger partial charge in [0.05, 0.1) is 16.6 Å². The third kappa shape index (κ3) is 2.68. The Morgan fingerprint density at radius 3 is 2.54 bits per heavy atom. The Morgan fingerprint density at radius 2 is 2.00 bits per heavy atom. The molecule has 0 aliphatic carbocycles. The molecule has 26 heavy (non-hydrogen) atoms. The van der Waals surface area contributed by atoms with Gasteiger partial charge in [-0.2, -0.15) is 5.10 Å². The molecule has 0 saturated carbocycles. The molecule has 0 aliphatic rings. The van der Waals surface area contributed by atoms with Gasteiger partial charge in [-0.1, -0.05) is 6.92 Å². The van der Waals surface area contributed by atoms with Crippen molar-refractivity contribution in [3.8, 4) is 0 Å². The fourth-order valence-corrected chi connectivity index (χ4v) is 4.45. The highest BCUT2D eigenvalue weighted by molar-refractivity contribution is 7.19. The number of fused-ring (bicyclic) bond motifs is 1. The number of hydrogen-bond acceptors (Lipinski definition) is 5. The summed E-state index contributed by atoms with van der Waals surface area (Å²) in [6.07, 6.45) is 1.04. The van der Waals surface area contributed by atoms with Crippen LogP contribution in [-0.2, 0) is 20.0 Å². The molecule has 0 atom stereocenters. The first-order chi connectivity index (χ1) is 12.3. The molecule has 3 aromatic heterocycles. The number of carboxylic acid groups (broad SMARTS) is 1. The van der Waals surface area contributed by atoms with Crippen molar-refractivity contribution >= 4 is 27.5 Å². The van der Waals surface area contributed by atoms with Gasteiger partial charge in [0.15, 0.2) is 0 Å². The molecule has 0 saturated heterocycles. The first-order valence-electron chi connectivity index (χ1n) is 8.26. The minimum atomic E-state index is -1.16. The van der Waals surface area contributed by atoms with Crippen LogP contribution in [0.3, 0.4) is 0 Å². The molecule has 2 N–H and O–H groups in total. The van der Waals surface area contributed by atoms with Crippen molar-refractivity contribution in [2.24, 2.45) is 7.05 Å². The van der Waals surface area contributed by atoms with E-state index in [2.05, 4.69) is 10.2 Å². The number of hydrogen-bond donors (Lipinski definition) is 2. The topological polar surface area (TPSA) is 110 Å². The number of rotatable bonds is 5. The van der Waals surface area contributed by atoms with Crippen LogP contribution in [0.25, 0.3) is 10.2 Å². The summed E-state index contributed by atoms with van der Waals surface area (Å²) in [6, 6.07) is 0. The average Bonchev–Trinajstić information content (AvgIpc) is 3.12. The highest BCUT2D eigenvalue weighted by Gasteiger charge is 2.26. The van der Waals surface area contributed by atoms with Crippen molar-refractivity contribution in [1.29, 1.82) is 0 Å². The third-order valence-electron chi connectivity index (χ3n) is 4.52. The van der Waals surface area contributed by atoms with Crippen LogP contribution in [0, 0.1) is 13.8 Å². The summed E-state index contributed by atoms with van der Waals surface area (Å²) in [7, 11) is 1.38. The predicted octanol–water partition coefficient (Wildman–Crippen LogP) is 1.80. The monoisotopic (exact) mass is 376 g/mol. The molecule has 3 rings (SSSR count). The van der Waals surface area contributed by atoms with Gasteiger partial charge in [-0.05, 0) is 20.3 Å². The summed E-state index contributed by atoms with van der Waals surface area (Å²) < 4.78 is 2.47. The second-order valence-corrected chi connectivity index (χ2v) is 7.36. The highest BCUT2D eigenvalue weighted by Crippen LogP contribution is 2.31. The van der Waals surface area contributed by atoms with Crippen LogP contribution in [0.5, 0.6) is 0 Å². The zero-order chi connectivity index (χ0) is 19.2. The number of nitrogens with zero attached hydrogens (tertiary/aromatic N) is 3. The van der Waals surface area contributed by atoms with Crippen LogP contribution in [0.4, 0.5) is 0 Å². The van der Waals surface area contributed by atoms with Gasteiger partial charge in [-0.3, -0.25) is 19.0 Å². The number of aromatic amines is 1. The van der Waals surface area contributed by atoms with Gasteiger partial charge in [-0.25, -0.2) is 9.59 Å². The lowest BCUT2D eigenvalue weighted by Gasteiger charge is -2.07. The molecule has 0 radical (unpaired) electrons. The maximum absolute atomic E-state index is 12.7. The lowest BCUT2D eigenvalue weighted by molar-refractivity contribution is 0.0698. The molecule has 0 aromatic carbocycles. The second kappa shape index (κ2) is 6.56. The number of aromatic carboxylic acids is 1. The fraction of sp³-hybridized carbons (Fsp3) is 0.412. The summed E-state index contributed by atoms with van der Waals surface area (Å²) in [4.78, 5) is 38.1. The van der Waals surface area contributed by atoms with Gasteiger partial charge in [0, 0.05) is 36.1 Å². The van der Waals surface area contributed by atoms with E-state index < -0.39 is 17.2 Å². The molecular formula is C17H20N4O4S. The molecule has 0 unspecified atom stereocenters. The predicted molar refractivity (Wildman–Crippen MR) is 99.4 cm³/mol. The van der Waals surface area contributed by atoms with E-state index in [1.807, 2.05) is 20.8 Å². The Kier molecular flexibility index (Phi) is 4.57. The number of H-pyrrole nitrogens is 1. The first-order valence-corrected chi connectivity index (χ1v) is 9.08. The third-order valence-corrected chi connectivity index (χ3v) is 5.74. The van der Waals surface area contributed by atoms with Crippen LogP contribution in [0.15, 0.2) is 9.59 Å². The van der Waals surface area contributed by atoms with Crippen molar-refractivity contribution in [3.05, 3.63) is 48.2 Å². The molecular weight excluding hydrogens is 356 g/mol. The maximum Gasteiger partial charge on any atom is 0.337 e. The lowest BCUT2D eigenvalue weighted by atomic mass is 10.1. The zero-order valence-corrected chi connectivity index (χ0v) is 15.9. The summed E-state index contributed by atoms with van der Waals surface area (Å²) >= 11 is 1.20. The molecule has 3 aromatic rings. The Labute approximate surface area is 152 Å². The van der Waals surface area contributed by atoms with E-state index in [-0.39, 0.29) is 10.9 Å². The maximum atomic E-state index is 12.7. The molecule has 138 valence electrons. The van der Waals surface area contributed by atoms with Crippen molar-refractivity contribution in [2.75, 3.05) is 0 Å². The summed E-state index contributed by atoms with van der Waals surface area (Å²) in [5, 5.41) is 16.9. The largest absolute Gasteiger partial charge is 0.478 e. The van der Waals surface area contributed by atoms with Gasteiger partial charge in [0.1, 0.15) is 4.83 Å². The van der Waals surface area contributed by atoms with Gasteiger partial charge in [0.25, 0.3) is 5.56 Å². The van der Waals surface area contributed by atoms with E-state index >= 15 is 0 Å². The quantitative estimate of drug-likeness (QED) is 0.705. The van der Waals surface area contributed by atoms with E-state index in [4.69, 9.17) is 0 Å². The SMILES string of the molecule is CCCn1c(=O)n(C)c(=O)c2c(C(=O)O)c(Cc3c(C)n[nH]c3C)sc21. The van der Waals surface area contributed by atoms with Gasteiger partial charge < -0.3 is 5.11 Å². The molecule has 8 nitrogen and oxygen atoms in total. The Bertz CT molecular complexity index is 1110. The Balaban J connectivity index is 2.38.